The van der Waals surface area contributed by atoms with E-state index in [9.17, 15) is 9.59 Å². The summed E-state index contributed by atoms with van der Waals surface area (Å²) in [6.45, 7) is 6.47. The summed E-state index contributed by atoms with van der Waals surface area (Å²) in [7, 11) is 0. The van der Waals surface area contributed by atoms with Crippen LogP contribution in [0.1, 0.15) is 24.0 Å². The molecule has 1 aromatic rings. The van der Waals surface area contributed by atoms with Crippen molar-refractivity contribution in [3.63, 3.8) is 0 Å². The smallest absolute Gasteiger partial charge is 0.238 e. The molecule has 1 fully saturated rings. The van der Waals surface area contributed by atoms with E-state index < -0.39 is 0 Å². The first-order valence-electron chi connectivity index (χ1n) is 8.67. The first-order chi connectivity index (χ1) is 11.9. The molecule has 0 saturated carbocycles. The Kier molecular flexibility index (Phi) is 7.23. The number of hydrogen-bond acceptors (Lipinski definition) is 4. The summed E-state index contributed by atoms with van der Waals surface area (Å²) in [5.74, 6) is -0.178. The third-order valence-corrected chi connectivity index (χ3v) is 4.68. The lowest BCUT2D eigenvalue weighted by Gasteiger charge is -2.31. The van der Waals surface area contributed by atoms with Crippen molar-refractivity contribution in [3.8, 4) is 0 Å². The SMILES string of the molecule is Cc1cc(C)c(NC(=O)CN2CCCC(C(=O)NCCN)C2)c(Cl)c1. The fourth-order valence-corrected chi connectivity index (χ4v) is 3.58. The number of nitrogens with two attached hydrogens (primary N) is 1. The summed E-state index contributed by atoms with van der Waals surface area (Å²) in [6, 6.07) is 3.82. The molecule has 0 bridgehead atoms. The first kappa shape index (κ1) is 19.7. The lowest BCUT2D eigenvalue weighted by Crippen LogP contribution is -2.46. The number of carbonyl (C=O) groups is 2. The van der Waals surface area contributed by atoms with Gasteiger partial charge >= 0.3 is 0 Å². The van der Waals surface area contributed by atoms with Crippen molar-refractivity contribution in [1.29, 1.82) is 0 Å². The Labute approximate surface area is 154 Å². The summed E-state index contributed by atoms with van der Waals surface area (Å²) in [5.41, 5.74) is 8.08. The zero-order valence-electron chi connectivity index (χ0n) is 14.9. The van der Waals surface area contributed by atoms with Gasteiger partial charge in [-0.15, -0.1) is 0 Å². The summed E-state index contributed by atoms with van der Waals surface area (Å²) >= 11 is 6.24. The average molecular weight is 367 g/mol. The van der Waals surface area contributed by atoms with Crippen molar-refractivity contribution in [1.82, 2.24) is 10.2 Å². The predicted molar refractivity (Wildman–Crippen MR) is 101 cm³/mol. The molecule has 2 amide bonds. The number of anilines is 1. The minimum absolute atomic E-state index is 0.0213. The lowest BCUT2D eigenvalue weighted by atomic mass is 9.97. The Morgan fingerprint density at radius 1 is 1.36 bits per heavy atom. The number of carbonyl (C=O) groups excluding carboxylic acids is 2. The molecule has 1 unspecified atom stereocenters. The second kappa shape index (κ2) is 9.17. The van der Waals surface area contributed by atoms with Crippen molar-refractivity contribution < 1.29 is 9.59 Å². The molecule has 2 rings (SSSR count). The van der Waals surface area contributed by atoms with Gasteiger partial charge in [-0.2, -0.15) is 0 Å². The summed E-state index contributed by atoms with van der Waals surface area (Å²) in [6.07, 6.45) is 1.75. The van der Waals surface area contributed by atoms with Gasteiger partial charge in [-0.3, -0.25) is 14.5 Å². The Morgan fingerprint density at radius 3 is 2.80 bits per heavy atom. The molecule has 0 aliphatic carbocycles. The number of halogens is 1. The van der Waals surface area contributed by atoms with Gasteiger partial charge in [-0.25, -0.2) is 0 Å². The molecule has 1 aromatic carbocycles. The van der Waals surface area contributed by atoms with E-state index in [1.54, 1.807) is 0 Å². The zero-order chi connectivity index (χ0) is 18.4. The molecule has 1 aliphatic rings. The van der Waals surface area contributed by atoms with Crippen LogP contribution in [-0.4, -0.2) is 49.4 Å². The van der Waals surface area contributed by atoms with E-state index in [0.29, 0.717) is 30.3 Å². The van der Waals surface area contributed by atoms with Crippen molar-refractivity contribution in [2.24, 2.45) is 11.7 Å². The molecule has 1 aliphatic heterocycles. The fourth-order valence-electron chi connectivity index (χ4n) is 3.21. The Hall–Kier alpha value is -1.63. The molecule has 4 N–H and O–H groups in total. The van der Waals surface area contributed by atoms with E-state index in [4.69, 9.17) is 17.3 Å². The highest BCUT2D eigenvalue weighted by atomic mass is 35.5. The Bertz CT molecular complexity index is 612. The van der Waals surface area contributed by atoms with Gasteiger partial charge in [-0.05, 0) is 50.4 Å². The van der Waals surface area contributed by atoms with Crippen LogP contribution in [0.4, 0.5) is 5.69 Å². The molecule has 1 heterocycles. The average Bonchev–Trinajstić information content (AvgIpc) is 2.56. The number of rotatable bonds is 6. The van der Waals surface area contributed by atoms with Crippen LogP contribution in [0.5, 0.6) is 0 Å². The van der Waals surface area contributed by atoms with E-state index in [-0.39, 0.29) is 24.3 Å². The standard InChI is InChI=1S/C18H27ClN4O2/c1-12-8-13(2)17(15(19)9-12)22-16(24)11-23-7-3-4-14(10-23)18(25)21-6-5-20/h8-9,14H,3-7,10-11,20H2,1-2H3,(H,21,25)(H,22,24). The van der Waals surface area contributed by atoms with Gasteiger partial charge in [0.05, 0.1) is 23.2 Å². The zero-order valence-corrected chi connectivity index (χ0v) is 15.7. The normalized spacial score (nSPS) is 18.0. The number of likely N-dealkylation sites (tertiary alicyclic amines) is 1. The highest BCUT2D eigenvalue weighted by Gasteiger charge is 2.26. The fraction of sp³-hybridized carbons (Fsp3) is 0.556. The van der Waals surface area contributed by atoms with Crippen LogP contribution in [0, 0.1) is 19.8 Å². The topological polar surface area (TPSA) is 87.5 Å². The van der Waals surface area contributed by atoms with Crippen LogP contribution in [0.2, 0.25) is 5.02 Å². The molecule has 1 atom stereocenters. The molecule has 138 valence electrons. The maximum absolute atomic E-state index is 12.4. The van der Waals surface area contributed by atoms with Crippen LogP contribution in [0.3, 0.4) is 0 Å². The quantitative estimate of drug-likeness (QED) is 0.714. The van der Waals surface area contributed by atoms with Crippen molar-refractivity contribution in [2.45, 2.75) is 26.7 Å². The molecule has 0 radical (unpaired) electrons. The van der Waals surface area contributed by atoms with Crippen LogP contribution in [0.15, 0.2) is 12.1 Å². The summed E-state index contributed by atoms with van der Waals surface area (Å²) in [4.78, 5) is 26.5. The van der Waals surface area contributed by atoms with Crippen LogP contribution in [-0.2, 0) is 9.59 Å². The Morgan fingerprint density at radius 2 is 2.12 bits per heavy atom. The van der Waals surface area contributed by atoms with Gasteiger partial charge in [0.15, 0.2) is 0 Å². The predicted octanol–water partition coefficient (Wildman–Crippen LogP) is 1.68. The number of piperidine rings is 1. The van der Waals surface area contributed by atoms with Crippen molar-refractivity contribution >= 4 is 29.1 Å². The van der Waals surface area contributed by atoms with Gasteiger partial charge in [0.25, 0.3) is 0 Å². The molecule has 0 spiro atoms. The molecule has 0 aromatic heterocycles. The third-order valence-electron chi connectivity index (χ3n) is 4.38. The number of benzene rings is 1. The molecule has 25 heavy (non-hydrogen) atoms. The summed E-state index contributed by atoms with van der Waals surface area (Å²) in [5, 5.41) is 6.27. The minimum Gasteiger partial charge on any atom is -0.355 e. The molecule has 7 heteroatoms. The van der Waals surface area contributed by atoms with Gasteiger partial charge in [0.2, 0.25) is 11.8 Å². The number of nitrogens with one attached hydrogen (secondary N) is 2. The van der Waals surface area contributed by atoms with Crippen LogP contribution in [0.25, 0.3) is 0 Å². The largest absolute Gasteiger partial charge is 0.355 e. The highest BCUT2D eigenvalue weighted by Crippen LogP contribution is 2.27. The van der Waals surface area contributed by atoms with E-state index in [2.05, 4.69) is 10.6 Å². The van der Waals surface area contributed by atoms with Gasteiger partial charge in [-0.1, -0.05) is 17.7 Å². The lowest BCUT2D eigenvalue weighted by molar-refractivity contribution is -0.127. The number of amides is 2. The molecule has 1 saturated heterocycles. The monoisotopic (exact) mass is 366 g/mol. The van der Waals surface area contributed by atoms with Crippen molar-refractivity contribution in [3.05, 3.63) is 28.3 Å². The van der Waals surface area contributed by atoms with Crippen LogP contribution < -0.4 is 16.4 Å². The first-order valence-corrected chi connectivity index (χ1v) is 9.05. The van der Waals surface area contributed by atoms with E-state index in [1.165, 1.54) is 0 Å². The second-order valence-electron chi connectivity index (χ2n) is 6.64. The Balaban J connectivity index is 1.91. The second-order valence-corrected chi connectivity index (χ2v) is 7.05. The van der Waals surface area contributed by atoms with Crippen molar-refractivity contribution in [2.75, 3.05) is 38.0 Å². The number of aryl methyl sites for hydroxylation is 2. The maximum Gasteiger partial charge on any atom is 0.238 e. The van der Waals surface area contributed by atoms with E-state index >= 15 is 0 Å². The van der Waals surface area contributed by atoms with Gasteiger partial charge in [0, 0.05) is 19.6 Å². The van der Waals surface area contributed by atoms with E-state index in [1.807, 2.05) is 30.9 Å². The van der Waals surface area contributed by atoms with E-state index in [0.717, 1.165) is 30.5 Å². The summed E-state index contributed by atoms with van der Waals surface area (Å²) < 4.78 is 0. The molecule has 6 nitrogen and oxygen atoms in total. The van der Waals surface area contributed by atoms with Crippen LogP contribution >= 0.6 is 11.6 Å². The van der Waals surface area contributed by atoms with Gasteiger partial charge < -0.3 is 16.4 Å². The highest BCUT2D eigenvalue weighted by molar-refractivity contribution is 6.34. The van der Waals surface area contributed by atoms with Gasteiger partial charge in [0.1, 0.15) is 0 Å². The third kappa shape index (κ3) is 5.70. The maximum atomic E-state index is 12.4. The number of hydrogen-bond donors (Lipinski definition) is 3. The molecular formula is C18H27ClN4O2. The number of nitrogens with zero attached hydrogens (tertiary/aromatic N) is 1. The molecular weight excluding hydrogens is 340 g/mol. The minimum atomic E-state index is -0.114.